The number of nitrogens with zero attached hydrogens (tertiary/aromatic N) is 2. The van der Waals surface area contributed by atoms with E-state index in [1.807, 2.05) is 12.1 Å². The molecule has 0 radical (unpaired) electrons. The average Bonchev–Trinajstić information content (AvgIpc) is 3.05. The third-order valence-electron chi connectivity index (χ3n) is 4.36. The van der Waals surface area contributed by atoms with E-state index in [0.717, 1.165) is 17.0 Å². The van der Waals surface area contributed by atoms with E-state index >= 15 is 0 Å². The molecule has 0 spiro atoms. The Morgan fingerprint density at radius 2 is 1.89 bits per heavy atom. The van der Waals surface area contributed by atoms with Gasteiger partial charge in [0.1, 0.15) is 9.88 Å². The zero-order chi connectivity index (χ0) is 19.6. The van der Waals surface area contributed by atoms with Gasteiger partial charge in [-0.1, -0.05) is 37.3 Å². The number of thiazole rings is 1. The second kappa shape index (κ2) is 7.67. The summed E-state index contributed by atoms with van der Waals surface area (Å²) in [5.41, 5.74) is 3.67. The molecule has 3 rings (SSSR count). The minimum atomic E-state index is -0.457. The average molecular weight is 381 g/mol. The highest BCUT2D eigenvalue weighted by molar-refractivity contribution is 7.17. The molecule has 1 aromatic heterocycles. The largest absolute Gasteiger partial charge is 0.321 e. The van der Waals surface area contributed by atoms with Crippen LogP contribution in [-0.2, 0) is 6.42 Å². The van der Waals surface area contributed by atoms with Gasteiger partial charge in [-0.3, -0.25) is 14.9 Å². The van der Waals surface area contributed by atoms with Gasteiger partial charge in [-0.15, -0.1) is 11.3 Å². The van der Waals surface area contributed by atoms with Crippen LogP contribution in [0.5, 0.6) is 0 Å². The number of nitrogens with one attached hydrogen (secondary N) is 1. The third kappa shape index (κ3) is 3.88. The number of amides is 1. The number of carbonyl (C=O) groups excluding carboxylic acids is 1. The summed E-state index contributed by atoms with van der Waals surface area (Å²) < 4.78 is 0. The molecule has 6 nitrogen and oxygen atoms in total. The SMILES string of the molecule is CCc1ccc(-c2nc(C)c(C(=O)Nc3cccc([N+](=O)[O-])c3C)s2)cc1. The number of benzene rings is 2. The van der Waals surface area contributed by atoms with Gasteiger partial charge in [0, 0.05) is 11.6 Å². The first-order valence-corrected chi connectivity index (χ1v) is 9.34. The molecule has 0 aliphatic rings. The Labute approximate surface area is 161 Å². The highest BCUT2D eigenvalue weighted by Gasteiger charge is 2.19. The standard InChI is InChI=1S/C20H19N3O3S/c1-4-14-8-10-15(11-9-14)20-21-13(3)18(27-20)19(24)22-16-6-5-7-17(12(16)2)23(25)26/h5-11H,4H2,1-3H3,(H,22,24). The lowest BCUT2D eigenvalue weighted by Crippen LogP contribution is -2.13. The Hall–Kier alpha value is -3.06. The highest BCUT2D eigenvalue weighted by atomic mass is 32.1. The van der Waals surface area contributed by atoms with Crippen LogP contribution in [0.1, 0.15) is 33.4 Å². The van der Waals surface area contributed by atoms with Crippen LogP contribution in [0.4, 0.5) is 11.4 Å². The first-order valence-electron chi connectivity index (χ1n) is 8.52. The number of aromatic nitrogens is 1. The summed E-state index contributed by atoms with van der Waals surface area (Å²) in [6.45, 7) is 5.50. The number of nitro benzene ring substituents is 1. The van der Waals surface area contributed by atoms with Crippen molar-refractivity contribution in [2.75, 3.05) is 5.32 Å². The monoisotopic (exact) mass is 381 g/mol. The van der Waals surface area contributed by atoms with Gasteiger partial charge in [0.15, 0.2) is 0 Å². The number of hydrogen-bond acceptors (Lipinski definition) is 5. The van der Waals surface area contributed by atoms with Gasteiger partial charge >= 0.3 is 0 Å². The van der Waals surface area contributed by atoms with Crippen molar-refractivity contribution in [1.82, 2.24) is 4.98 Å². The molecule has 1 N–H and O–H groups in total. The Balaban J connectivity index is 1.87. The number of hydrogen-bond donors (Lipinski definition) is 1. The first kappa shape index (κ1) is 18.7. The van der Waals surface area contributed by atoms with Crippen LogP contribution in [0.2, 0.25) is 0 Å². The van der Waals surface area contributed by atoms with Crippen molar-refractivity contribution >= 4 is 28.6 Å². The smallest absolute Gasteiger partial charge is 0.274 e. The van der Waals surface area contributed by atoms with Crippen molar-refractivity contribution in [3.8, 4) is 10.6 Å². The summed E-state index contributed by atoms with van der Waals surface area (Å²) in [5.74, 6) is -0.315. The van der Waals surface area contributed by atoms with Crippen molar-refractivity contribution in [2.45, 2.75) is 27.2 Å². The maximum absolute atomic E-state index is 12.7. The Morgan fingerprint density at radius 1 is 1.19 bits per heavy atom. The molecule has 0 atom stereocenters. The van der Waals surface area contributed by atoms with Crippen molar-refractivity contribution < 1.29 is 9.72 Å². The second-order valence-electron chi connectivity index (χ2n) is 6.14. The fourth-order valence-corrected chi connectivity index (χ4v) is 3.72. The lowest BCUT2D eigenvalue weighted by atomic mass is 10.1. The topological polar surface area (TPSA) is 85.1 Å². The highest BCUT2D eigenvalue weighted by Crippen LogP contribution is 2.30. The van der Waals surface area contributed by atoms with Crippen LogP contribution in [0.3, 0.4) is 0 Å². The molecule has 0 saturated carbocycles. The second-order valence-corrected chi connectivity index (χ2v) is 7.14. The number of aryl methyl sites for hydroxylation is 2. The van der Waals surface area contributed by atoms with Gasteiger partial charge in [-0.25, -0.2) is 4.98 Å². The fraction of sp³-hybridized carbons (Fsp3) is 0.200. The molecular weight excluding hydrogens is 362 g/mol. The summed E-state index contributed by atoms with van der Waals surface area (Å²) in [6.07, 6.45) is 0.966. The van der Waals surface area contributed by atoms with E-state index in [-0.39, 0.29) is 11.6 Å². The Kier molecular flexibility index (Phi) is 5.32. The zero-order valence-electron chi connectivity index (χ0n) is 15.3. The summed E-state index contributed by atoms with van der Waals surface area (Å²) in [4.78, 5) is 28.3. The van der Waals surface area contributed by atoms with E-state index < -0.39 is 4.92 Å². The Bertz CT molecular complexity index is 1010. The molecule has 138 valence electrons. The van der Waals surface area contributed by atoms with Crippen LogP contribution >= 0.6 is 11.3 Å². The van der Waals surface area contributed by atoms with Crippen molar-refractivity contribution in [3.63, 3.8) is 0 Å². The normalized spacial score (nSPS) is 10.6. The molecule has 27 heavy (non-hydrogen) atoms. The van der Waals surface area contributed by atoms with Crippen LogP contribution in [0.15, 0.2) is 42.5 Å². The van der Waals surface area contributed by atoms with E-state index in [1.54, 1.807) is 26.0 Å². The molecule has 0 aliphatic heterocycles. The van der Waals surface area contributed by atoms with Crippen LogP contribution in [-0.4, -0.2) is 15.8 Å². The van der Waals surface area contributed by atoms with Gasteiger partial charge in [-0.05, 0) is 31.9 Å². The van der Waals surface area contributed by atoms with Crippen LogP contribution in [0.25, 0.3) is 10.6 Å². The van der Waals surface area contributed by atoms with E-state index in [0.29, 0.717) is 21.8 Å². The lowest BCUT2D eigenvalue weighted by molar-refractivity contribution is -0.385. The van der Waals surface area contributed by atoms with Gasteiger partial charge in [0.25, 0.3) is 11.6 Å². The van der Waals surface area contributed by atoms with E-state index in [2.05, 4.69) is 29.4 Å². The van der Waals surface area contributed by atoms with Gasteiger partial charge < -0.3 is 5.32 Å². The van der Waals surface area contributed by atoms with Gasteiger partial charge in [-0.2, -0.15) is 0 Å². The minimum Gasteiger partial charge on any atom is -0.321 e. The van der Waals surface area contributed by atoms with Gasteiger partial charge in [0.2, 0.25) is 0 Å². The zero-order valence-corrected chi connectivity index (χ0v) is 16.1. The number of carbonyl (C=O) groups is 1. The number of nitro groups is 1. The van der Waals surface area contributed by atoms with Crippen molar-refractivity contribution in [1.29, 1.82) is 0 Å². The molecule has 7 heteroatoms. The molecule has 0 bridgehead atoms. The van der Waals surface area contributed by atoms with Gasteiger partial charge in [0.05, 0.1) is 21.9 Å². The molecule has 0 unspecified atom stereocenters. The van der Waals surface area contributed by atoms with Crippen molar-refractivity contribution in [2.24, 2.45) is 0 Å². The molecule has 1 amide bonds. The summed E-state index contributed by atoms with van der Waals surface area (Å²) >= 11 is 1.31. The summed E-state index contributed by atoms with van der Waals surface area (Å²) in [6, 6.07) is 12.7. The van der Waals surface area contributed by atoms with E-state index in [4.69, 9.17) is 0 Å². The maximum atomic E-state index is 12.7. The first-order chi connectivity index (χ1) is 12.9. The summed E-state index contributed by atoms with van der Waals surface area (Å²) in [5, 5.41) is 14.6. The predicted molar refractivity (Wildman–Crippen MR) is 107 cm³/mol. The molecular formula is C20H19N3O3S. The van der Waals surface area contributed by atoms with E-state index in [1.165, 1.54) is 23.0 Å². The fourth-order valence-electron chi connectivity index (χ4n) is 2.75. The van der Waals surface area contributed by atoms with E-state index in [9.17, 15) is 14.9 Å². The molecule has 1 heterocycles. The lowest BCUT2D eigenvalue weighted by Gasteiger charge is -2.07. The van der Waals surface area contributed by atoms with Crippen LogP contribution in [0, 0.1) is 24.0 Å². The molecule has 3 aromatic rings. The molecule has 0 saturated heterocycles. The Morgan fingerprint density at radius 3 is 2.52 bits per heavy atom. The number of anilines is 1. The quantitative estimate of drug-likeness (QED) is 0.489. The molecule has 0 fully saturated rings. The number of rotatable bonds is 5. The molecule has 2 aromatic carbocycles. The predicted octanol–water partition coefficient (Wildman–Crippen LogP) is 5.15. The molecule has 0 aliphatic carbocycles. The minimum absolute atomic E-state index is 0.0227. The third-order valence-corrected chi connectivity index (χ3v) is 5.57. The van der Waals surface area contributed by atoms with Crippen molar-refractivity contribution in [3.05, 3.63) is 74.3 Å². The summed E-state index contributed by atoms with van der Waals surface area (Å²) in [7, 11) is 0. The maximum Gasteiger partial charge on any atom is 0.274 e. The van der Waals surface area contributed by atoms with Crippen LogP contribution < -0.4 is 5.32 Å².